The van der Waals surface area contributed by atoms with Crippen LogP contribution in [0.25, 0.3) is 0 Å². The number of esters is 2. The van der Waals surface area contributed by atoms with Crippen LogP contribution in [0.15, 0.2) is 170 Å². The molecule has 540 valence electrons. The monoisotopic (exact) mass is 1340 g/mol. The Kier molecular flexibility index (Phi) is 74.5. The molecule has 2 unspecified atom stereocenters. The zero-order valence-electron chi connectivity index (χ0n) is 60.8. The second-order valence-corrected chi connectivity index (χ2v) is 26.6. The molecule has 9 nitrogen and oxygen atoms in total. The van der Waals surface area contributed by atoms with Crippen LogP contribution in [0.3, 0.4) is 0 Å². The third-order valence-corrected chi connectivity index (χ3v) is 17.1. The minimum Gasteiger partial charge on any atom is -0.462 e. The van der Waals surface area contributed by atoms with Gasteiger partial charge in [0.05, 0.1) is 13.2 Å². The number of hydrogen-bond acceptors (Lipinski definition) is 8. The first-order valence-corrected chi connectivity index (χ1v) is 40.1. The maximum Gasteiger partial charge on any atom is 0.472 e. The van der Waals surface area contributed by atoms with Crippen LogP contribution in [0, 0.1) is 0 Å². The number of carbonyl (C=O) groups excluding carboxylic acids is 2. The van der Waals surface area contributed by atoms with Gasteiger partial charge >= 0.3 is 19.8 Å². The fraction of sp³-hybridized carbons (Fsp3) is 0.647. The number of hydrogen-bond donors (Lipinski definition) is 2. The molecule has 0 radical (unpaired) electrons. The van der Waals surface area contributed by atoms with Gasteiger partial charge in [-0.05, 0) is 128 Å². The second kappa shape index (κ2) is 78.4. The Balaban J connectivity index is 3.90. The van der Waals surface area contributed by atoms with Crippen molar-refractivity contribution in [2.75, 3.05) is 26.4 Å². The summed E-state index contributed by atoms with van der Waals surface area (Å²) in [4.78, 5) is 35.4. The molecule has 0 rings (SSSR count). The first-order chi connectivity index (χ1) is 46.8. The first kappa shape index (κ1) is 90.4. The van der Waals surface area contributed by atoms with E-state index in [1.54, 1.807) is 0 Å². The van der Waals surface area contributed by atoms with E-state index in [9.17, 15) is 19.0 Å². The Hall–Kier alpha value is -4.63. The van der Waals surface area contributed by atoms with E-state index in [4.69, 9.17) is 24.3 Å². The average molecular weight is 1340 g/mol. The van der Waals surface area contributed by atoms with Crippen molar-refractivity contribution >= 4 is 19.8 Å². The van der Waals surface area contributed by atoms with Gasteiger partial charge < -0.3 is 20.1 Å². The van der Waals surface area contributed by atoms with E-state index in [1.165, 1.54) is 154 Å². The van der Waals surface area contributed by atoms with Crippen LogP contribution in [0.1, 0.15) is 322 Å². The molecule has 0 aliphatic carbocycles. The van der Waals surface area contributed by atoms with Gasteiger partial charge in [-0.25, -0.2) is 4.57 Å². The Bertz CT molecular complexity index is 2170. The Labute approximate surface area is 584 Å². The second-order valence-electron chi connectivity index (χ2n) is 25.1. The third-order valence-electron chi connectivity index (χ3n) is 16.1. The molecule has 0 heterocycles. The molecular formula is C85H142NO8P. The minimum absolute atomic E-state index is 0.0422. The number of phosphoric acid groups is 1. The van der Waals surface area contributed by atoms with Gasteiger partial charge in [0.15, 0.2) is 6.10 Å². The summed E-state index contributed by atoms with van der Waals surface area (Å²) in [5.41, 5.74) is 5.41. The van der Waals surface area contributed by atoms with Gasteiger partial charge in [-0.3, -0.25) is 18.6 Å². The fourth-order valence-corrected chi connectivity index (χ4v) is 11.2. The predicted octanol–water partition coefficient (Wildman–Crippen LogP) is 26.1. The summed E-state index contributed by atoms with van der Waals surface area (Å²) in [6.07, 6.45) is 116. The molecule has 0 fully saturated rings. The lowest BCUT2D eigenvalue weighted by Crippen LogP contribution is -2.29. The van der Waals surface area contributed by atoms with E-state index in [1.807, 2.05) is 0 Å². The number of phosphoric ester groups is 1. The summed E-state index contributed by atoms with van der Waals surface area (Å²) < 4.78 is 33.2. The topological polar surface area (TPSA) is 134 Å². The summed E-state index contributed by atoms with van der Waals surface area (Å²) in [6.45, 7) is 3.50. The zero-order chi connectivity index (χ0) is 68.6. The van der Waals surface area contributed by atoms with Gasteiger partial charge in [-0.2, -0.15) is 0 Å². The van der Waals surface area contributed by atoms with E-state index >= 15 is 0 Å². The molecule has 0 aromatic carbocycles. The molecule has 3 N–H and O–H groups in total. The van der Waals surface area contributed by atoms with E-state index < -0.39 is 26.5 Å². The van der Waals surface area contributed by atoms with Crippen molar-refractivity contribution in [2.24, 2.45) is 5.73 Å². The van der Waals surface area contributed by atoms with E-state index in [-0.39, 0.29) is 38.6 Å². The van der Waals surface area contributed by atoms with Gasteiger partial charge in [0.1, 0.15) is 6.61 Å². The highest BCUT2D eigenvalue weighted by molar-refractivity contribution is 7.47. The Morgan fingerprint density at radius 1 is 0.316 bits per heavy atom. The molecule has 0 aliphatic heterocycles. The highest BCUT2D eigenvalue weighted by Gasteiger charge is 2.26. The molecule has 0 spiro atoms. The van der Waals surface area contributed by atoms with Crippen molar-refractivity contribution in [2.45, 2.75) is 328 Å². The lowest BCUT2D eigenvalue weighted by atomic mass is 10.0. The largest absolute Gasteiger partial charge is 0.472 e. The van der Waals surface area contributed by atoms with Crippen LogP contribution in [0.4, 0.5) is 0 Å². The van der Waals surface area contributed by atoms with Gasteiger partial charge in [-0.1, -0.05) is 351 Å². The average Bonchev–Trinajstić information content (AvgIpc) is 3.32. The molecule has 2 atom stereocenters. The summed E-state index contributed by atoms with van der Waals surface area (Å²) in [6, 6.07) is 0. The third kappa shape index (κ3) is 78.3. The smallest absolute Gasteiger partial charge is 0.462 e. The first-order valence-electron chi connectivity index (χ1n) is 38.6. The summed E-state index contributed by atoms with van der Waals surface area (Å²) in [5.74, 6) is -0.856. The van der Waals surface area contributed by atoms with Gasteiger partial charge in [0.25, 0.3) is 0 Å². The van der Waals surface area contributed by atoms with E-state index in [0.29, 0.717) is 6.42 Å². The van der Waals surface area contributed by atoms with Crippen molar-refractivity contribution < 1.29 is 37.6 Å². The summed E-state index contributed by atoms with van der Waals surface area (Å²) >= 11 is 0. The van der Waals surface area contributed by atoms with Crippen LogP contribution < -0.4 is 5.73 Å². The zero-order valence-corrected chi connectivity index (χ0v) is 61.7. The van der Waals surface area contributed by atoms with Crippen molar-refractivity contribution in [3.63, 3.8) is 0 Å². The van der Waals surface area contributed by atoms with Crippen molar-refractivity contribution in [1.29, 1.82) is 0 Å². The molecule has 0 aliphatic rings. The van der Waals surface area contributed by atoms with Crippen molar-refractivity contribution in [3.05, 3.63) is 170 Å². The number of rotatable bonds is 71. The van der Waals surface area contributed by atoms with E-state index in [2.05, 4.69) is 184 Å². The number of allylic oxidation sites excluding steroid dienone is 28. The van der Waals surface area contributed by atoms with Crippen LogP contribution in [-0.4, -0.2) is 49.3 Å². The van der Waals surface area contributed by atoms with Gasteiger partial charge in [-0.15, -0.1) is 0 Å². The summed E-state index contributed by atoms with van der Waals surface area (Å²) in [7, 11) is -4.41. The quantitative estimate of drug-likeness (QED) is 0.0264. The van der Waals surface area contributed by atoms with Gasteiger partial charge in [0, 0.05) is 19.4 Å². The standard InChI is InChI=1S/C85H142NO8P/c1-3-5-7-9-11-13-15-17-19-21-23-25-27-29-31-33-35-37-39-40-41-42-44-45-47-49-51-53-55-57-59-61-63-65-67-69-71-73-75-77-84(87)91-81-83(82-93-95(89,90)92-80-79-86)94-85(88)78-76-74-72-70-68-66-64-62-60-58-56-54-52-50-48-46-43-38-36-34-32-30-28-26-24-22-20-18-16-14-12-10-8-6-4-2/h5-8,11-14,17-20,23-26,30,32,36,38,46,48,52,54,58,60,64,66,83H,3-4,9-10,15-16,21-22,27-29,31,33-35,37,39-45,47,49-51,53,55-57,59,61-63,65,67-82,86H2,1-2H3,(H,89,90)/b7-5-,8-6-,13-11-,14-12-,19-17-,20-18-,25-23-,26-24-,32-30-,38-36-,48-46-,54-52-,60-58-,66-64-. The molecule has 10 heteroatoms. The van der Waals surface area contributed by atoms with Crippen LogP contribution in [0.5, 0.6) is 0 Å². The fourth-order valence-electron chi connectivity index (χ4n) is 10.5. The van der Waals surface area contributed by atoms with Crippen molar-refractivity contribution in [1.82, 2.24) is 0 Å². The number of carbonyl (C=O) groups is 2. The maximum absolute atomic E-state index is 12.8. The normalized spacial score (nSPS) is 13.9. The van der Waals surface area contributed by atoms with E-state index in [0.717, 1.165) is 135 Å². The number of ether oxygens (including phenoxy) is 2. The maximum atomic E-state index is 12.8. The number of nitrogens with two attached hydrogens (primary N) is 1. The minimum atomic E-state index is -4.41. The van der Waals surface area contributed by atoms with Gasteiger partial charge in [0.2, 0.25) is 0 Å². The van der Waals surface area contributed by atoms with Crippen LogP contribution in [0.2, 0.25) is 0 Å². The Morgan fingerprint density at radius 3 is 0.811 bits per heavy atom. The highest BCUT2D eigenvalue weighted by Crippen LogP contribution is 2.43. The molecule has 0 saturated carbocycles. The SMILES string of the molecule is CC/C=C\C/C=C\C/C=C\C/C=C\C/C=C\C/C=C\C/C=C\C/C=C\C/C=C\C/C=C\CCCCCCC(=O)OC(COC(=O)CCCCCCCCCCCCCCCCCCCCCCCCCCCC/C=C\C/C=C\C/C=C\C/C=C\CC)COP(=O)(O)OCCN. The lowest BCUT2D eigenvalue weighted by molar-refractivity contribution is -0.161. The molecule has 0 bridgehead atoms. The lowest BCUT2D eigenvalue weighted by Gasteiger charge is -2.19. The predicted molar refractivity (Wildman–Crippen MR) is 413 cm³/mol. The van der Waals surface area contributed by atoms with Crippen molar-refractivity contribution in [3.8, 4) is 0 Å². The Morgan fingerprint density at radius 2 is 0.547 bits per heavy atom. The molecule has 0 amide bonds. The molecule has 0 aromatic heterocycles. The molecular weight excluding hydrogens is 1190 g/mol. The molecule has 95 heavy (non-hydrogen) atoms. The highest BCUT2D eigenvalue weighted by atomic mass is 31.2. The van der Waals surface area contributed by atoms with Crippen LogP contribution >= 0.6 is 7.82 Å². The number of unbranched alkanes of at least 4 members (excludes halogenated alkanes) is 30. The molecule has 0 saturated heterocycles. The molecule has 0 aromatic rings. The van der Waals surface area contributed by atoms with Crippen LogP contribution in [-0.2, 0) is 32.7 Å². The summed E-state index contributed by atoms with van der Waals surface area (Å²) in [5, 5.41) is 0.